The zero-order valence-electron chi connectivity index (χ0n) is 11.1. The Kier molecular flexibility index (Phi) is 5.52. The highest BCUT2D eigenvalue weighted by Gasteiger charge is 2.16. The number of aliphatic imine (C=N–C) groups is 1. The molecule has 108 valence electrons. The largest absolute Gasteiger partial charge is 0.494 e. The first-order valence-electron chi connectivity index (χ1n) is 5.69. The Labute approximate surface area is 121 Å². The number of halogens is 2. The third-order valence-corrected chi connectivity index (χ3v) is 2.96. The predicted molar refractivity (Wildman–Crippen MR) is 77.2 cm³/mol. The molecule has 5 nitrogen and oxygen atoms in total. The van der Waals surface area contributed by atoms with Crippen LogP contribution in [0, 0.1) is 5.82 Å². The highest BCUT2D eigenvalue weighted by atomic mass is 35.5. The van der Waals surface area contributed by atoms with Crippen LogP contribution in [-0.4, -0.2) is 40.4 Å². The summed E-state index contributed by atoms with van der Waals surface area (Å²) in [4.78, 5) is 5.20. The van der Waals surface area contributed by atoms with Crippen molar-refractivity contribution in [2.45, 2.75) is 13.0 Å². The predicted octanol–water partition coefficient (Wildman–Crippen LogP) is 3.04. The number of aliphatic hydroxyl groups excluding tert-OH is 1. The molecule has 7 heteroatoms. The van der Waals surface area contributed by atoms with Crippen LogP contribution in [0.5, 0.6) is 0 Å². The second-order valence-electron chi connectivity index (χ2n) is 4.10. The van der Waals surface area contributed by atoms with Crippen molar-refractivity contribution >= 4 is 23.7 Å². The van der Waals surface area contributed by atoms with Gasteiger partial charge in [0.15, 0.2) is 5.84 Å². The normalized spacial score (nSPS) is 13.5. The molecule has 0 fully saturated rings. The van der Waals surface area contributed by atoms with E-state index in [1.54, 1.807) is 18.9 Å². The average molecular weight is 300 g/mol. The molecule has 0 aliphatic carbocycles. The van der Waals surface area contributed by atoms with Gasteiger partial charge in [-0.05, 0) is 31.7 Å². The van der Waals surface area contributed by atoms with Gasteiger partial charge in [0, 0.05) is 18.8 Å². The van der Waals surface area contributed by atoms with Gasteiger partial charge in [0.1, 0.15) is 5.82 Å². The molecule has 1 aromatic rings. The molecule has 0 saturated carbocycles. The van der Waals surface area contributed by atoms with Crippen molar-refractivity contribution < 1.29 is 14.7 Å². The lowest BCUT2D eigenvalue weighted by Gasteiger charge is -2.24. The average Bonchev–Trinajstić information content (AvgIpc) is 2.40. The first kappa shape index (κ1) is 16.0. The quantitative estimate of drug-likeness (QED) is 0.295. The second kappa shape index (κ2) is 6.91. The number of benzene rings is 1. The van der Waals surface area contributed by atoms with Crippen LogP contribution in [0.15, 0.2) is 40.8 Å². The Hall–Kier alpha value is -2.08. The lowest BCUT2D eigenvalue weighted by atomic mass is 10.1. The van der Waals surface area contributed by atoms with E-state index in [0.717, 1.165) is 0 Å². The molecular weight excluding hydrogens is 285 g/mol. The number of nitrogens with zero attached hydrogens (tertiary/aromatic N) is 3. The van der Waals surface area contributed by atoms with E-state index in [2.05, 4.69) is 16.7 Å². The molecule has 1 aromatic carbocycles. The minimum atomic E-state index is -0.608. The third-order valence-electron chi connectivity index (χ3n) is 2.66. The number of amidine groups is 1. The maximum Gasteiger partial charge on any atom is 0.202 e. The minimum Gasteiger partial charge on any atom is -0.494 e. The van der Waals surface area contributed by atoms with Crippen molar-refractivity contribution in [3.05, 3.63) is 47.1 Å². The van der Waals surface area contributed by atoms with E-state index in [-0.39, 0.29) is 22.8 Å². The fourth-order valence-corrected chi connectivity index (χ4v) is 1.57. The fraction of sp³-hybridized carbons (Fsp3) is 0.231. The molecule has 0 aliphatic rings. The Morgan fingerprint density at radius 1 is 1.55 bits per heavy atom. The zero-order chi connectivity index (χ0) is 15.3. The SMILES string of the molecule is C=C(O)N=CC(C)N(C)/C(=N\O)c1ccc(Cl)c(F)c1. The molecule has 0 saturated heterocycles. The van der Waals surface area contributed by atoms with E-state index in [9.17, 15) is 4.39 Å². The highest BCUT2D eigenvalue weighted by molar-refractivity contribution is 6.30. The summed E-state index contributed by atoms with van der Waals surface area (Å²) in [7, 11) is 1.64. The van der Waals surface area contributed by atoms with Gasteiger partial charge in [-0.25, -0.2) is 9.38 Å². The molecule has 0 spiro atoms. The van der Waals surface area contributed by atoms with Gasteiger partial charge in [0.2, 0.25) is 5.88 Å². The maximum atomic E-state index is 13.4. The topological polar surface area (TPSA) is 68.4 Å². The lowest BCUT2D eigenvalue weighted by molar-refractivity contribution is 0.305. The van der Waals surface area contributed by atoms with Crippen molar-refractivity contribution in [2.24, 2.45) is 10.1 Å². The molecule has 1 rings (SSSR count). The first-order chi connectivity index (χ1) is 9.36. The van der Waals surface area contributed by atoms with Crippen LogP contribution in [0.1, 0.15) is 12.5 Å². The van der Waals surface area contributed by atoms with Crippen LogP contribution in [-0.2, 0) is 0 Å². The molecule has 2 N–H and O–H groups in total. The molecule has 0 aromatic heterocycles. The Balaban J connectivity index is 3.01. The summed E-state index contributed by atoms with van der Waals surface area (Å²) in [6.07, 6.45) is 1.42. The molecule has 1 unspecified atom stereocenters. The standard InChI is InChI=1S/C13H15ClFN3O2/c1-8(7-16-9(2)19)18(3)13(17-20)10-4-5-11(14)12(15)6-10/h4-8,19-20H,2H2,1,3H3/b16-7?,17-13-. The fourth-order valence-electron chi connectivity index (χ4n) is 1.45. The van der Waals surface area contributed by atoms with Crippen molar-refractivity contribution in [3.63, 3.8) is 0 Å². The summed E-state index contributed by atoms with van der Waals surface area (Å²) in [5, 5.41) is 21.2. The summed E-state index contributed by atoms with van der Waals surface area (Å²) in [6, 6.07) is 3.76. The lowest BCUT2D eigenvalue weighted by Crippen LogP contribution is -2.36. The van der Waals surface area contributed by atoms with E-state index < -0.39 is 5.82 Å². The van der Waals surface area contributed by atoms with Crippen molar-refractivity contribution in [1.82, 2.24) is 4.90 Å². The minimum absolute atomic E-state index is 0.0140. The van der Waals surface area contributed by atoms with E-state index in [0.29, 0.717) is 5.56 Å². The Morgan fingerprint density at radius 3 is 2.70 bits per heavy atom. The molecule has 0 bridgehead atoms. The molecule has 0 amide bonds. The highest BCUT2D eigenvalue weighted by Crippen LogP contribution is 2.17. The molecule has 0 heterocycles. The van der Waals surface area contributed by atoms with Gasteiger partial charge in [-0.3, -0.25) is 0 Å². The summed E-state index contributed by atoms with van der Waals surface area (Å²) < 4.78 is 13.4. The van der Waals surface area contributed by atoms with Gasteiger partial charge >= 0.3 is 0 Å². The molecule has 0 radical (unpaired) electrons. The van der Waals surface area contributed by atoms with Crippen molar-refractivity contribution in [1.29, 1.82) is 0 Å². The second-order valence-corrected chi connectivity index (χ2v) is 4.51. The van der Waals surface area contributed by atoms with Crippen LogP contribution in [0.25, 0.3) is 0 Å². The van der Waals surface area contributed by atoms with Gasteiger partial charge in [-0.1, -0.05) is 16.8 Å². The summed E-state index contributed by atoms with van der Waals surface area (Å²) >= 11 is 5.61. The van der Waals surface area contributed by atoms with Gasteiger partial charge in [0.05, 0.1) is 11.1 Å². The summed E-state index contributed by atoms with van der Waals surface area (Å²) in [6.45, 7) is 4.98. The Bertz CT molecular complexity index is 561. The van der Waals surface area contributed by atoms with Crippen LogP contribution >= 0.6 is 11.6 Å². The van der Waals surface area contributed by atoms with Crippen LogP contribution in [0.4, 0.5) is 4.39 Å². The van der Waals surface area contributed by atoms with E-state index in [1.807, 2.05) is 0 Å². The van der Waals surface area contributed by atoms with Gasteiger partial charge < -0.3 is 15.2 Å². The van der Waals surface area contributed by atoms with Crippen LogP contribution in [0.2, 0.25) is 5.02 Å². The summed E-state index contributed by atoms with van der Waals surface area (Å²) in [5.41, 5.74) is 0.361. The van der Waals surface area contributed by atoms with Gasteiger partial charge in [-0.15, -0.1) is 0 Å². The monoisotopic (exact) mass is 299 g/mol. The number of aliphatic hydroxyl groups is 1. The van der Waals surface area contributed by atoms with Crippen molar-refractivity contribution in [2.75, 3.05) is 7.05 Å². The third kappa shape index (κ3) is 3.96. The molecular formula is C13H15ClFN3O2. The first-order valence-corrected chi connectivity index (χ1v) is 6.07. The molecule has 1 atom stereocenters. The zero-order valence-corrected chi connectivity index (χ0v) is 11.8. The van der Waals surface area contributed by atoms with Crippen molar-refractivity contribution in [3.8, 4) is 0 Å². The van der Waals surface area contributed by atoms with E-state index in [1.165, 1.54) is 24.4 Å². The number of oxime groups is 1. The van der Waals surface area contributed by atoms with E-state index >= 15 is 0 Å². The number of rotatable bonds is 4. The number of hydrogen-bond acceptors (Lipinski definition) is 4. The maximum absolute atomic E-state index is 13.4. The van der Waals surface area contributed by atoms with Crippen LogP contribution < -0.4 is 0 Å². The van der Waals surface area contributed by atoms with Gasteiger partial charge in [-0.2, -0.15) is 0 Å². The van der Waals surface area contributed by atoms with Gasteiger partial charge in [0.25, 0.3) is 0 Å². The Morgan fingerprint density at radius 2 is 2.20 bits per heavy atom. The number of hydrogen-bond donors (Lipinski definition) is 2. The van der Waals surface area contributed by atoms with E-state index in [4.69, 9.17) is 21.9 Å². The molecule has 20 heavy (non-hydrogen) atoms. The molecule has 0 aliphatic heterocycles. The summed E-state index contributed by atoms with van der Waals surface area (Å²) in [5.74, 6) is -0.794. The smallest absolute Gasteiger partial charge is 0.202 e. The van der Waals surface area contributed by atoms with Crippen LogP contribution in [0.3, 0.4) is 0 Å².